The summed E-state index contributed by atoms with van der Waals surface area (Å²) in [5, 5.41) is 39.6. The molecule has 33 heavy (non-hydrogen) atoms. The number of aliphatic hydroxyl groups excluding tert-OH is 2. The maximum Gasteiger partial charge on any atom is 0.342 e. The molecule has 10 heteroatoms. The average Bonchev–Trinajstić information content (AvgIpc) is 2.70. The Morgan fingerprint density at radius 2 is 1.94 bits per heavy atom. The van der Waals surface area contributed by atoms with Crippen LogP contribution in [0, 0.1) is 5.92 Å². The van der Waals surface area contributed by atoms with Crippen LogP contribution in [-0.2, 0) is 20.7 Å². The second-order valence-corrected chi connectivity index (χ2v) is 9.77. The van der Waals surface area contributed by atoms with Crippen molar-refractivity contribution in [3.8, 4) is 5.75 Å². The minimum atomic E-state index is -1.80. The number of hydrogen-bond acceptors (Lipinski definition) is 8. The molecule has 0 aromatic heterocycles. The fourth-order valence-corrected chi connectivity index (χ4v) is 4.48. The van der Waals surface area contributed by atoms with Crippen LogP contribution in [0.1, 0.15) is 56.5 Å². The van der Waals surface area contributed by atoms with Gasteiger partial charge in [-0.3, -0.25) is 14.9 Å². The summed E-state index contributed by atoms with van der Waals surface area (Å²) >= 11 is 0. The molecular formula is C23H33N3O7. The lowest BCUT2D eigenvalue weighted by molar-refractivity contribution is -0.142. The van der Waals surface area contributed by atoms with E-state index in [2.05, 4.69) is 16.0 Å². The molecule has 5 atom stereocenters. The van der Waals surface area contributed by atoms with Crippen molar-refractivity contribution in [1.82, 2.24) is 16.0 Å². The number of benzene rings is 1. The van der Waals surface area contributed by atoms with Gasteiger partial charge >= 0.3 is 5.97 Å². The van der Waals surface area contributed by atoms with E-state index in [0.717, 1.165) is 0 Å². The number of hydrogen-bond donors (Lipinski definition) is 6. The molecule has 2 aliphatic rings. The molecule has 10 nitrogen and oxygen atoms in total. The van der Waals surface area contributed by atoms with E-state index in [9.17, 15) is 29.7 Å². The molecule has 0 aliphatic carbocycles. The zero-order valence-electron chi connectivity index (χ0n) is 19.3. The van der Waals surface area contributed by atoms with Gasteiger partial charge in [0.05, 0.1) is 11.7 Å². The van der Waals surface area contributed by atoms with Crippen molar-refractivity contribution in [2.75, 3.05) is 0 Å². The molecule has 5 unspecified atom stereocenters. The molecule has 1 aromatic rings. The minimum Gasteiger partial charge on any atom is -0.507 e. The molecule has 2 amide bonds. The zero-order chi connectivity index (χ0) is 24.5. The van der Waals surface area contributed by atoms with Crippen molar-refractivity contribution in [2.24, 2.45) is 5.92 Å². The summed E-state index contributed by atoms with van der Waals surface area (Å²) in [6.07, 6.45) is -3.39. The zero-order valence-corrected chi connectivity index (χ0v) is 19.3. The number of carbonyl (C=O) groups is 3. The number of nitrogens with one attached hydrogen (secondary N) is 3. The van der Waals surface area contributed by atoms with Gasteiger partial charge in [-0.1, -0.05) is 26.0 Å². The Labute approximate surface area is 192 Å². The number of rotatable bonds is 7. The van der Waals surface area contributed by atoms with Crippen molar-refractivity contribution in [1.29, 1.82) is 0 Å². The molecule has 1 fully saturated rings. The van der Waals surface area contributed by atoms with Crippen LogP contribution in [0.15, 0.2) is 18.2 Å². The Kier molecular flexibility index (Phi) is 7.30. The Morgan fingerprint density at radius 1 is 1.24 bits per heavy atom. The minimum absolute atomic E-state index is 0.0924. The third kappa shape index (κ3) is 5.82. The molecule has 1 saturated heterocycles. The van der Waals surface area contributed by atoms with Gasteiger partial charge in [-0.05, 0) is 37.8 Å². The summed E-state index contributed by atoms with van der Waals surface area (Å²) in [6.45, 7) is 7.31. The summed E-state index contributed by atoms with van der Waals surface area (Å²) < 4.78 is 5.53. The SMILES string of the molecule is CC(C)CC(NC(=O)C(O)C(O)C1CC(=O)NC(C)(C)N1)C1Cc2cccc(O)c2C(=O)O1. The highest BCUT2D eigenvalue weighted by Gasteiger charge is 2.41. The Morgan fingerprint density at radius 3 is 2.58 bits per heavy atom. The van der Waals surface area contributed by atoms with E-state index in [1.54, 1.807) is 26.0 Å². The lowest BCUT2D eigenvalue weighted by Crippen LogP contribution is -2.68. The lowest BCUT2D eigenvalue weighted by atomic mass is 9.90. The number of phenolic OH excluding ortho intramolecular Hbond substituents is 1. The van der Waals surface area contributed by atoms with E-state index >= 15 is 0 Å². The van der Waals surface area contributed by atoms with Gasteiger partial charge in [0, 0.05) is 18.9 Å². The number of esters is 1. The molecule has 182 valence electrons. The number of ether oxygens (including phenoxy) is 1. The van der Waals surface area contributed by atoms with E-state index in [-0.39, 0.29) is 36.0 Å². The quantitative estimate of drug-likeness (QED) is 0.307. The number of amides is 2. The largest absolute Gasteiger partial charge is 0.507 e. The van der Waals surface area contributed by atoms with Gasteiger partial charge < -0.3 is 30.7 Å². The standard InChI is InChI=1S/C23H33N3O7/c1-11(2)8-13(16-9-12-6-5-7-15(27)18(12)22(32)33-16)24-21(31)20(30)19(29)14-10-17(28)26-23(3,4)25-14/h5-7,11,13-14,16,19-20,25,27,29-30H,8-10H2,1-4H3,(H,24,31)(H,26,28). The van der Waals surface area contributed by atoms with Crippen LogP contribution in [0.3, 0.4) is 0 Å². The maximum atomic E-state index is 12.9. The van der Waals surface area contributed by atoms with Crippen molar-refractivity contribution in [2.45, 2.75) is 83.0 Å². The molecule has 2 aliphatic heterocycles. The van der Waals surface area contributed by atoms with E-state index in [4.69, 9.17) is 4.74 Å². The fourth-order valence-electron chi connectivity index (χ4n) is 4.48. The fraction of sp³-hybridized carbons (Fsp3) is 0.609. The highest BCUT2D eigenvalue weighted by molar-refractivity contribution is 5.95. The molecule has 6 N–H and O–H groups in total. The van der Waals surface area contributed by atoms with Crippen molar-refractivity contribution in [3.05, 3.63) is 29.3 Å². The monoisotopic (exact) mass is 463 g/mol. The molecule has 0 spiro atoms. The van der Waals surface area contributed by atoms with Crippen molar-refractivity contribution >= 4 is 17.8 Å². The molecule has 0 saturated carbocycles. The van der Waals surface area contributed by atoms with Crippen LogP contribution >= 0.6 is 0 Å². The average molecular weight is 464 g/mol. The summed E-state index contributed by atoms with van der Waals surface area (Å²) in [5.41, 5.74) is -0.0744. The van der Waals surface area contributed by atoms with Crippen LogP contribution < -0.4 is 16.0 Å². The first kappa shape index (κ1) is 24.9. The summed E-state index contributed by atoms with van der Waals surface area (Å²) in [6, 6.07) is 3.32. The topological polar surface area (TPSA) is 157 Å². The van der Waals surface area contributed by atoms with Crippen molar-refractivity contribution in [3.63, 3.8) is 0 Å². The normalized spacial score (nSPS) is 24.8. The Balaban J connectivity index is 1.73. The van der Waals surface area contributed by atoms with Gasteiger partial charge in [0.2, 0.25) is 5.91 Å². The molecule has 0 bridgehead atoms. The number of fused-ring (bicyclic) bond motifs is 1. The first-order valence-electron chi connectivity index (χ1n) is 11.1. The third-order valence-corrected chi connectivity index (χ3v) is 5.92. The number of cyclic esters (lactones) is 1. The molecule has 3 rings (SSSR count). The van der Waals surface area contributed by atoms with Crippen LogP contribution in [-0.4, -0.2) is 69.2 Å². The first-order valence-corrected chi connectivity index (χ1v) is 11.1. The number of aromatic hydroxyl groups is 1. The smallest absolute Gasteiger partial charge is 0.342 e. The Hall–Kier alpha value is -2.69. The molecule has 0 radical (unpaired) electrons. The van der Waals surface area contributed by atoms with Crippen LogP contribution in [0.2, 0.25) is 0 Å². The number of phenols is 1. The van der Waals surface area contributed by atoms with E-state index in [1.165, 1.54) is 6.07 Å². The maximum absolute atomic E-state index is 12.9. The second-order valence-electron chi connectivity index (χ2n) is 9.77. The summed E-state index contributed by atoms with van der Waals surface area (Å²) in [4.78, 5) is 37.3. The molecule has 1 aromatic carbocycles. The van der Waals surface area contributed by atoms with Gasteiger partial charge in [-0.15, -0.1) is 0 Å². The Bertz CT molecular complexity index is 917. The molecule has 2 heterocycles. The van der Waals surface area contributed by atoms with Crippen LogP contribution in [0.5, 0.6) is 5.75 Å². The van der Waals surface area contributed by atoms with Gasteiger partial charge in [0.1, 0.15) is 23.5 Å². The lowest BCUT2D eigenvalue weighted by Gasteiger charge is -2.40. The van der Waals surface area contributed by atoms with Gasteiger partial charge in [0.25, 0.3) is 5.91 Å². The van der Waals surface area contributed by atoms with Gasteiger partial charge in [0.15, 0.2) is 6.10 Å². The summed E-state index contributed by atoms with van der Waals surface area (Å²) in [5.74, 6) is -1.83. The second kappa shape index (κ2) is 9.66. The highest BCUT2D eigenvalue weighted by atomic mass is 16.5. The van der Waals surface area contributed by atoms with E-state index in [1.807, 2.05) is 13.8 Å². The number of carbonyl (C=O) groups excluding carboxylic acids is 3. The number of aliphatic hydroxyl groups is 2. The first-order chi connectivity index (χ1) is 15.4. The predicted molar refractivity (Wildman–Crippen MR) is 118 cm³/mol. The molecular weight excluding hydrogens is 430 g/mol. The predicted octanol–water partition coefficient (Wildman–Crippen LogP) is -0.0594. The van der Waals surface area contributed by atoms with Crippen molar-refractivity contribution < 1.29 is 34.4 Å². The van der Waals surface area contributed by atoms with Gasteiger partial charge in [-0.2, -0.15) is 0 Å². The van der Waals surface area contributed by atoms with E-state index in [0.29, 0.717) is 12.0 Å². The van der Waals surface area contributed by atoms with E-state index < -0.39 is 47.9 Å². The van der Waals surface area contributed by atoms with Crippen LogP contribution in [0.25, 0.3) is 0 Å². The summed E-state index contributed by atoms with van der Waals surface area (Å²) in [7, 11) is 0. The highest BCUT2D eigenvalue weighted by Crippen LogP contribution is 2.30. The van der Waals surface area contributed by atoms with Crippen LogP contribution in [0.4, 0.5) is 0 Å². The van der Waals surface area contributed by atoms with Gasteiger partial charge in [-0.25, -0.2) is 4.79 Å². The third-order valence-electron chi connectivity index (χ3n) is 5.92.